The number of carbonyl (C=O) groups is 1. The van der Waals surface area contributed by atoms with Crippen molar-refractivity contribution in [3.8, 4) is 0 Å². The second-order valence-electron chi connectivity index (χ2n) is 6.15. The monoisotopic (exact) mass is 273 g/mol. The first-order valence-corrected chi connectivity index (χ1v) is 6.51. The van der Waals surface area contributed by atoms with E-state index in [0.29, 0.717) is 10.9 Å². The third-order valence-corrected chi connectivity index (χ3v) is 3.71. The minimum Gasteiger partial charge on any atom is -0.478 e. The maximum absolute atomic E-state index is 12.1. The predicted octanol–water partition coefficient (Wildman–Crippen LogP) is 2.84. The fourth-order valence-electron chi connectivity index (χ4n) is 2.44. The van der Waals surface area contributed by atoms with Gasteiger partial charge in [-0.05, 0) is 30.0 Å². The van der Waals surface area contributed by atoms with Crippen LogP contribution in [0.1, 0.15) is 42.3 Å². The van der Waals surface area contributed by atoms with Crippen LogP contribution in [0.15, 0.2) is 23.0 Å². The minimum absolute atomic E-state index is 0.0768. The van der Waals surface area contributed by atoms with E-state index in [1.165, 1.54) is 4.57 Å². The molecule has 0 fully saturated rings. The van der Waals surface area contributed by atoms with E-state index in [2.05, 4.69) is 20.8 Å². The zero-order valence-corrected chi connectivity index (χ0v) is 12.4. The van der Waals surface area contributed by atoms with Gasteiger partial charge in [-0.2, -0.15) is 0 Å². The maximum atomic E-state index is 12.1. The number of carboxylic acid groups (broad SMARTS) is 1. The van der Waals surface area contributed by atoms with Gasteiger partial charge in [-0.3, -0.25) is 4.79 Å². The predicted molar refractivity (Wildman–Crippen MR) is 79.6 cm³/mol. The van der Waals surface area contributed by atoms with Crippen LogP contribution in [0.5, 0.6) is 0 Å². The summed E-state index contributed by atoms with van der Waals surface area (Å²) < 4.78 is 1.50. The van der Waals surface area contributed by atoms with Crippen molar-refractivity contribution in [3.05, 3.63) is 45.2 Å². The Kier molecular flexibility index (Phi) is 3.20. The van der Waals surface area contributed by atoms with Crippen LogP contribution < -0.4 is 5.56 Å². The van der Waals surface area contributed by atoms with E-state index in [9.17, 15) is 14.7 Å². The van der Waals surface area contributed by atoms with E-state index < -0.39 is 5.97 Å². The van der Waals surface area contributed by atoms with Crippen molar-refractivity contribution in [1.29, 1.82) is 0 Å². The molecule has 0 aliphatic carbocycles. The first-order valence-electron chi connectivity index (χ1n) is 6.51. The fourth-order valence-corrected chi connectivity index (χ4v) is 2.44. The van der Waals surface area contributed by atoms with Gasteiger partial charge in [0, 0.05) is 18.0 Å². The molecule has 4 heteroatoms. The quantitative estimate of drug-likeness (QED) is 0.869. The molecule has 1 aromatic heterocycles. The molecule has 1 heterocycles. The molecule has 0 radical (unpaired) electrons. The van der Waals surface area contributed by atoms with Crippen LogP contribution >= 0.6 is 0 Å². The molecule has 0 aliphatic heterocycles. The largest absolute Gasteiger partial charge is 0.478 e. The summed E-state index contributed by atoms with van der Waals surface area (Å²) >= 11 is 0. The van der Waals surface area contributed by atoms with E-state index in [0.717, 1.165) is 5.56 Å². The lowest BCUT2D eigenvalue weighted by molar-refractivity contribution is 0.0698. The van der Waals surface area contributed by atoms with Gasteiger partial charge in [0.15, 0.2) is 0 Å². The van der Waals surface area contributed by atoms with Gasteiger partial charge >= 0.3 is 5.97 Å². The highest BCUT2D eigenvalue weighted by atomic mass is 16.4. The smallest absolute Gasteiger partial charge is 0.336 e. The van der Waals surface area contributed by atoms with E-state index in [-0.39, 0.29) is 22.1 Å². The lowest BCUT2D eigenvalue weighted by atomic mass is 9.85. The molecule has 4 nitrogen and oxygen atoms in total. The summed E-state index contributed by atoms with van der Waals surface area (Å²) in [5, 5.41) is 10.0. The molecule has 0 saturated carbocycles. The second kappa shape index (κ2) is 4.47. The van der Waals surface area contributed by atoms with Crippen LogP contribution in [0.2, 0.25) is 0 Å². The van der Waals surface area contributed by atoms with E-state index >= 15 is 0 Å². The summed E-state index contributed by atoms with van der Waals surface area (Å²) in [5.74, 6) is -1.06. The maximum Gasteiger partial charge on any atom is 0.336 e. The number of aromatic carboxylic acids is 1. The second-order valence-corrected chi connectivity index (χ2v) is 6.15. The molecule has 0 saturated heterocycles. The number of benzene rings is 1. The third-order valence-electron chi connectivity index (χ3n) is 3.71. The van der Waals surface area contributed by atoms with Gasteiger partial charge in [0.05, 0.1) is 11.1 Å². The summed E-state index contributed by atoms with van der Waals surface area (Å²) in [5.41, 5.74) is 1.73. The van der Waals surface area contributed by atoms with Crippen LogP contribution in [0, 0.1) is 6.92 Å². The Balaban J connectivity index is 3.00. The van der Waals surface area contributed by atoms with Crippen molar-refractivity contribution < 1.29 is 9.90 Å². The summed E-state index contributed by atoms with van der Waals surface area (Å²) in [4.78, 5) is 23.6. The number of fused-ring (bicyclic) bond motifs is 1. The minimum atomic E-state index is -1.06. The number of aryl methyl sites for hydroxylation is 1. The van der Waals surface area contributed by atoms with Gasteiger partial charge in [-0.25, -0.2) is 4.79 Å². The number of aromatic nitrogens is 1. The molecule has 2 aromatic rings. The standard InChI is InChI=1S/C16H19NO3/c1-9-13(15(19)20)11-8-10(16(2,3)4)6-7-12(11)17(5)14(9)18/h6-8H,1-5H3,(H,19,20). The van der Waals surface area contributed by atoms with E-state index in [4.69, 9.17) is 0 Å². The zero-order valence-electron chi connectivity index (χ0n) is 12.4. The Morgan fingerprint density at radius 1 is 1.25 bits per heavy atom. The molecule has 2 rings (SSSR count). The molecule has 0 amide bonds. The van der Waals surface area contributed by atoms with Crippen molar-refractivity contribution in [3.63, 3.8) is 0 Å². The topological polar surface area (TPSA) is 59.3 Å². The number of carboxylic acids is 1. The first kappa shape index (κ1) is 14.3. The summed E-state index contributed by atoms with van der Waals surface area (Å²) in [7, 11) is 1.67. The number of nitrogens with zero attached hydrogens (tertiary/aromatic N) is 1. The van der Waals surface area contributed by atoms with Crippen molar-refractivity contribution in [1.82, 2.24) is 4.57 Å². The van der Waals surface area contributed by atoms with Crippen molar-refractivity contribution in [2.24, 2.45) is 7.05 Å². The summed E-state index contributed by atoms with van der Waals surface area (Å²) in [6.45, 7) is 7.78. The third kappa shape index (κ3) is 2.11. The Morgan fingerprint density at radius 3 is 2.35 bits per heavy atom. The Morgan fingerprint density at radius 2 is 1.85 bits per heavy atom. The lowest BCUT2D eigenvalue weighted by Crippen LogP contribution is -2.24. The molecule has 20 heavy (non-hydrogen) atoms. The Bertz CT molecular complexity index is 764. The van der Waals surface area contributed by atoms with Crippen molar-refractivity contribution >= 4 is 16.9 Å². The molecule has 0 spiro atoms. The van der Waals surface area contributed by atoms with Crippen LogP contribution in [-0.4, -0.2) is 15.6 Å². The summed E-state index contributed by atoms with van der Waals surface area (Å²) in [6, 6.07) is 5.65. The van der Waals surface area contributed by atoms with Gasteiger partial charge in [-0.1, -0.05) is 26.8 Å². The number of rotatable bonds is 1. The first-order chi connectivity index (χ1) is 9.14. The van der Waals surface area contributed by atoms with Crippen LogP contribution in [0.4, 0.5) is 0 Å². The van der Waals surface area contributed by atoms with Gasteiger partial charge in [0.2, 0.25) is 0 Å². The molecule has 0 aliphatic rings. The van der Waals surface area contributed by atoms with Gasteiger partial charge in [0.1, 0.15) is 0 Å². The van der Waals surface area contributed by atoms with Crippen LogP contribution in [0.3, 0.4) is 0 Å². The zero-order chi connectivity index (χ0) is 15.2. The van der Waals surface area contributed by atoms with Gasteiger partial charge < -0.3 is 9.67 Å². The number of hydrogen-bond acceptors (Lipinski definition) is 2. The van der Waals surface area contributed by atoms with Crippen LogP contribution in [0.25, 0.3) is 10.9 Å². The highest BCUT2D eigenvalue weighted by Gasteiger charge is 2.20. The van der Waals surface area contributed by atoms with E-state index in [1.54, 1.807) is 14.0 Å². The molecule has 0 atom stereocenters. The fraction of sp³-hybridized carbons (Fsp3) is 0.375. The summed E-state index contributed by atoms with van der Waals surface area (Å²) in [6.07, 6.45) is 0. The molecule has 0 unspecified atom stereocenters. The lowest BCUT2D eigenvalue weighted by Gasteiger charge is -2.21. The highest BCUT2D eigenvalue weighted by molar-refractivity contribution is 6.04. The molecular weight excluding hydrogens is 254 g/mol. The van der Waals surface area contributed by atoms with Crippen LogP contribution in [-0.2, 0) is 12.5 Å². The Hall–Kier alpha value is -2.10. The van der Waals surface area contributed by atoms with Gasteiger partial charge in [0.25, 0.3) is 5.56 Å². The molecule has 0 bridgehead atoms. The molecule has 1 N–H and O–H groups in total. The molecule has 106 valence electrons. The SMILES string of the molecule is Cc1c(C(=O)O)c2cc(C(C)(C)C)ccc2n(C)c1=O. The number of hydrogen-bond donors (Lipinski definition) is 1. The van der Waals surface area contributed by atoms with Crippen molar-refractivity contribution in [2.75, 3.05) is 0 Å². The Labute approximate surface area is 117 Å². The van der Waals surface area contributed by atoms with E-state index in [1.807, 2.05) is 18.2 Å². The van der Waals surface area contributed by atoms with Gasteiger partial charge in [-0.15, -0.1) is 0 Å². The average Bonchev–Trinajstić information content (AvgIpc) is 2.34. The average molecular weight is 273 g/mol. The molecular formula is C16H19NO3. The van der Waals surface area contributed by atoms with Crippen molar-refractivity contribution in [2.45, 2.75) is 33.1 Å². The highest BCUT2D eigenvalue weighted by Crippen LogP contribution is 2.28. The molecule has 1 aromatic carbocycles. The normalized spacial score (nSPS) is 11.8. The number of pyridine rings is 1.